The molecule has 0 nitrogen and oxygen atoms in total. The molecule has 0 aromatic rings. The van der Waals surface area contributed by atoms with Gasteiger partial charge >= 0.3 is 0 Å². The lowest BCUT2D eigenvalue weighted by Crippen LogP contribution is -2.20. The van der Waals surface area contributed by atoms with E-state index in [2.05, 4.69) is 124 Å². The summed E-state index contributed by atoms with van der Waals surface area (Å²) in [6.45, 7) is 23.3. The van der Waals surface area contributed by atoms with Gasteiger partial charge in [0.05, 0.1) is 0 Å². The third-order valence-corrected chi connectivity index (χ3v) is 9.27. The van der Waals surface area contributed by atoms with Crippen LogP contribution in [0.5, 0.6) is 0 Å². The zero-order valence-corrected chi connectivity index (χ0v) is 27.9. The van der Waals surface area contributed by atoms with Gasteiger partial charge in [0.25, 0.3) is 0 Å². The lowest BCUT2D eigenvalue weighted by molar-refractivity contribution is 0.349. The van der Waals surface area contributed by atoms with E-state index in [4.69, 9.17) is 0 Å². The quantitative estimate of drug-likeness (QED) is 0.139. The molecule has 1 atom stereocenters. The minimum Gasteiger partial charge on any atom is -0.0999 e. The lowest BCUT2D eigenvalue weighted by atomic mass is 9.71. The Bertz CT molecular complexity index is 1120. The SMILES string of the molecule is CC1=C(CC/C(C)=C/C=C/C(C)=C/C=C/C=C(\C)CC#CC(C)CCC2=C(C)CCCC2(C)C)C(C)(C)CCC1. The van der Waals surface area contributed by atoms with E-state index in [-0.39, 0.29) is 0 Å². The fourth-order valence-electron chi connectivity index (χ4n) is 6.56. The van der Waals surface area contributed by atoms with Gasteiger partial charge in [-0.3, -0.25) is 0 Å². The fourth-order valence-corrected chi connectivity index (χ4v) is 6.56. The first kappa shape index (κ1) is 33.9. The van der Waals surface area contributed by atoms with Crippen molar-refractivity contribution >= 4 is 0 Å². The van der Waals surface area contributed by atoms with Gasteiger partial charge in [-0.15, -0.1) is 0 Å². The highest BCUT2D eigenvalue weighted by molar-refractivity contribution is 5.29. The molecule has 2 aliphatic carbocycles. The molecule has 0 fully saturated rings. The van der Waals surface area contributed by atoms with Crippen molar-refractivity contribution in [3.05, 3.63) is 81.5 Å². The summed E-state index contributed by atoms with van der Waals surface area (Å²) < 4.78 is 0. The van der Waals surface area contributed by atoms with Gasteiger partial charge in [-0.2, -0.15) is 0 Å². The molecule has 0 aliphatic heterocycles. The Morgan fingerprint density at radius 3 is 1.93 bits per heavy atom. The van der Waals surface area contributed by atoms with Gasteiger partial charge in [0.15, 0.2) is 0 Å². The second kappa shape index (κ2) is 16.2. The van der Waals surface area contributed by atoms with Crippen molar-refractivity contribution in [2.24, 2.45) is 16.7 Å². The van der Waals surface area contributed by atoms with E-state index in [1.54, 1.807) is 22.3 Å². The molecule has 0 aromatic heterocycles. The molecular weight excluding hydrogens is 480 g/mol. The van der Waals surface area contributed by atoms with E-state index >= 15 is 0 Å². The van der Waals surface area contributed by atoms with Crippen molar-refractivity contribution in [2.75, 3.05) is 0 Å². The van der Waals surface area contributed by atoms with E-state index in [9.17, 15) is 0 Å². The Morgan fingerprint density at radius 1 is 0.775 bits per heavy atom. The summed E-state index contributed by atoms with van der Waals surface area (Å²) in [7, 11) is 0. The van der Waals surface area contributed by atoms with Gasteiger partial charge in [0.2, 0.25) is 0 Å². The average Bonchev–Trinajstić information content (AvgIpc) is 2.85. The van der Waals surface area contributed by atoms with Crippen LogP contribution in [0.2, 0.25) is 0 Å². The highest BCUT2D eigenvalue weighted by Crippen LogP contribution is 2.43. The van der Waals surface area contributed by atoms with E-state index in [1.807, 2.05) is 0 Å². The topological polar surface area (TPSA) is 0 Å². The van der Waals surface area contributed by atoms with Gasteiger partial charge < -0.3 is 0 Å². The first-order chi connectivity index (χ1) is 18.8. The van der Waals surface area contributed by atoms with Crippen LogP contribution in [0.3, 0.4) is 0 Å². The predicted molar refractivity (Wildman–Crippen MR) is 180 cm³/mol. The lowest BCUT2D eigenvalue weighted by Gasteiger charge is -2.35. The van der Waals surface area contributed by atoms with Crippen molar-refractivity contribution in [3.8, 4) is 11.8 Å². The maximum absolute atomic E-state index is 3.50. The third-order valence-electron chi connectivity index (χ3n) is 9.27. The molecule has 0 saturated carbocycles. The molecule has 0 heterocycles. The fraction of sp³-hybridized carbons (Fsp3) is 0.600. The maximum Gasteiger partial charge on any atom is 0.0299 e. The molecule has 0 spiro atoms. The Morgan fingerprint density at radius 2 is 1.32 bits per heavy atom. The van der Waals surface area contributed by atoms with Crippen LogP contribution >= 0.6 is 0 Å². The molecular formula is C40H60. The zero-order chi connectivity index (χ0) is 29.8. The molecule has 40 heavy (non-hydrogen) atoms. The van der Waals surface area contributed by atoms with Gasteiger partial charge in [-0.1, -0.05) is 128 Å². The van der Waals surface area contributed by atoms with Crippen molar-refractivity contribution < 1.29 is 0 Å². The summed E-state index contributed by atoms with van der Waals surface area (Å²) in [4.78, 5) is 0. The summed E-state index contributed by atoms with van der Waals surface area (Å²) in [5.74, 6) is 7.39. The van der Waals surface area contributed by atoms with Crippen LogP contribution in [0.25, 0.3) is 0 Å². The smallest absolute Gasteiger partial charge is 0.0299 e. The van der Waals surface area contributed by atoms with Crippen molar-refractivity contribution in [1.29, 1.82) is 0 Å². The average molecular weight is 541 g/mol. The molecule has 0 radical (unpaired) electrons. The van der Waals surface area contributed by atoms with Crippen molar-refractivity contribution in [1.82, 2.24) is 0 Å². The van der Waals surface area contributed by atoms with Crippen LogP contribution in [0.15, 0.2) is 81.5 Å². The molecule has 0 saturated heterocycles. The second-order valence-corrected chi connectivity index (χ2v) is 14.1. The minimum absolute atomic E-state index is 0.378. The maximum atomic E-state index is 3.50. The third kappa shape index (κ3) is 11.7. The van der Waals surface area contributed by atoms with E-state index < -0.39 is 0 Å². The molecule has 0 aromatic carbocycles. The largest absolute Gasteiger partial charge is 0.0999 e. The van der Waals surface area contributed by atoms with Gasteiger partial charge in [-0.25, -0.2) is 0 Å². The first-order valence-corrected chi connectivity index (χ1v) is 16.0. The van der Waals surface area contributed by atoms with E-state index in [0.29, 0.717) is 16.7 Å². The van der Waals surface area contributed by atoms with Gasteiger partial charge in [0, 0.05) is 12.3 Å². The highest BCUT2D eigenvalue weighted by Gasteiger charge is 2.28. The molecule has 0 bridgehead atoms. The highest BCUT2D eigenvalue weighted by atomic mass is 14.3. The monoisotopic (exact) mass is 540 g/mol. The van der Waals surface area contributed by atoms with Crippen molar-refractivity contribution in [2.45, 2.75) is 140 Å². The predicted octanol–water partition coefficient (Wildman–Crippen LogP) is 12.6. The summed E-state index contributed by atoms with van der Waals surface area (Å²) >= 11 is 0. The Kier molecular flexibility index (Phi) is 13.8. The van der Waals surface area contributed by atoms with Crippen LogP contribution in [-0.2, 0) is 0 Å². The van der Waals surface area contributed by atoms with E-state index in [0.717, 1.165) is 12.8 Å². The summed E-state index contributed by atoms with van der Waals surface area (Å²) in [6.07, 6.45) is 28.9. The Hall–Kier alpha value is -2.26. The van der Waals surface area contributed by atoms with Gasteiger partial charge in [0.1, 0.15) is 0 Å². The molecule has 0 N–H and O–H groups in total. The standard InChI is InChI=1S/C40H60/c1-31(19-13-21-33(3)25-27-37-35(5)23-15-29-39(37,7)8)17-11-12-18-32(2)20-14-22-34(4)26-28-38-36(6)24-16-30-40(38,9)10/h11-13,17-19,21,34H,15-16,20,23-30H2,1-10H3/b12-11+,19-13+,31-17+,32-18+,33-21+. The summed E-state index contributed by atoms with van der Waals surface area (Å²) in [6, 6.07) is 0. The van der Waals surface area contributed by atoms with E-state index in [1.165, 1.54) is 74.5 Å². The first-order valence-electron chi connectivity index (χ1n) is 16.0. The van der Waals surface area contributed by atoms with Crippen LogP contribution in [0.1, 0.15) is 140 Å². The second-order valence-electron chi connectivity index (χ2n) is 14.1. The number of allylic oxidation sites excluding steroid dienone is 14. The van der Waals surface area contributed by atoms with Crippen LogP contribution in [0, 0.1) is 28.6 Å². The van der Waals surface area contributed by atoms with Crippen LogP contribution < -0.4 is 0 Å². The zero-order valence-electron chi connectivity index (χ0n) is 27.9. The molecule has 220 valence electrons. The Labute approximate surface area is 249 Å². The minimum atomic E-state index is 0.378. The summed E-state index contributed by atoms with van der Waals surface area (Å²) in [5, 5.41) is 0. The summed E-state index contributed by atoms with van der Waals surface area (Å²) in [5.41, 5.74) is 11.5. The molecule has 1 unspecified atom stereocenters. The van der Waals surface area contributed by atoms with Crippen molar-refractivity contribution in [3.63, 3.8) is 0 Å². The van der Waals surface area contributed by atoms with Crippen LogP contribution in [-0.4, -0.2) is 0 Å². The molecule has 0 amide bonds. The van der Waals surface area contributed by atoms with Gasteiger partial charge in [-0.05, 0) is 110 Å². The number of hydrogen-bond donors (Lipinski definition) is 0. The molecule has 2 rings (SSSR count). The number of rotatable bonds is 11. The normalized spacial score (nSPS) is 21.3. The van der Waals surface area contributed by atoms with Crippen LogP contribution in [0.4, 0.5) is 0 Å². The molecule has 0 heteroatoms. The molecule has 2 aliphatic rings. The number of hydrogen-bond acceptors (Lipinski definition) is 0. The Balaban J connectivity index is 1.77.